The molecule has 0 bridgehead atoms. The van der Waals surface area contributed by atoms with Gasteiger partial charge in [0.2, 0.25) is 0 Å². The summed E-state index contributed by atoms with van der Waals surface area (Å²) >= 11 is 0. The van der Waals surface area contributed by atoms with Crippen LogP contribution < -0.4 is 0 Å². The van der Waals surface area contributed by atoms with E-state index in [1.54, 1.807) is 11.1 Å². The number of aryl methyl sites for hydroxylation is 3. The maximum absolute atomic E-state index is 8.00. The van der Waals surface area contributed by atoms with Crippen LogP contribution >= 0.6 is 0 Å². The van der Waals surface area contributed by atoms with Gasteiger partial charge in [-0.15, -0.1) is 0 Å². The van der Waals surface area contributed by atoms with E-state index in [4.69, 9.17) is 4.79 Å². The van der Waals surface area contributed by atoms with Gasteiger partial charge in [0.1, 0.15) is 6.79 Å². The molecule has 1 heteroatoms. The molecule has 0 saturated heterocycles. The highest BCUT2D eigenvalue weighted by molar-refractivity contribution is 5.63. The zero-order chi connectivity index (χ0) is 24.7. The van der Waals surface area contributed by atoms with Gasteiger partial charge in [-0.25, -0.2) is 0 Å². The highest BCUT2D eigenvalue weighted by atomic mass is 16.1. The van der Waals surface area contributed by atoms with Crippen LogP contribution in [0, 0.1) is 12.8 Å². The number of carbonyl (C=O) groups is 1. The Morgan fingerprint density at radius 2 is 1.85 bits per heavy atom. The Morgan fingerprint density at radius 1 is 1.06 bits per heavy atom. The van der Waals surface area contributed by atoms with Gasteiger partial charge in [0.05, 0.1) is 0 Å². The summed E-state index contributed by atoms with van der Waals surface area (Å²) < 4.78 is 0. The summed E-state index contributed by atoms with van der Waals surface area (Å²) in [7, 11) is 0. The molecule has 1 nitrogen and oxygen atoms in total. The molecule has 178 valence electrons. The van der Waals surface area contributed by atoms with E-state index in [-0.39, 0.29) is 0 Å². The first kappa shape index (κ1) is 25.7. The van der Waals surface area contributed by atoms with Gasteiger partial charge in [-0.3, -0.25) is 0 Å². The van der Waals surface area contributed by atoms with Gasteiger partial charge in [0.25, 0.3) is 0 Å². The Bertz CT molecular complexity index is 1110. The lowest BCUT2D eigenvalue weighted by Crippen LogP contribution is -2.12. The van der Waals surface area contributed by atoms with Gasteiger partial charge in [0.15, 0.2) is 0 Å². The largest absolute Gasteiger partial charge is 0.307 e. The molecule has 2 aliphatic carbocycles. The number of carbonyl (C=O) groups excluding carboxylic acids is 1. The summed E-state index contributed by atoms with van der Waals surface area (Å²) in [4.78, 5) is 8.00. The van der Waals surface area contributed by atoms with Crippen LogP contribution in [-0.2, 0) is 24.1 Å². The van der Waals surface area contributed by atoms with Crippen molar-refractivity contribution in [3.05, 3.63) is 111 Å². The van der Waals surface area contributed by atoms with Gasteiger partial charge in [0, 0.05) is 11.8 Å². The second-order valence-corrected chi connectivity index (χ2v) is 9.56. The third kappa shape index (κ3) is 5.58. The number of allylic oxidation sites excluding steroid dienone is 6. The molecule has 34 heavy (non-hydrogen) atoms. The average Bonchev–Trinajstić information content (AvgIpc) is 3.37. The number of hydrogen-bond donors (Lipinski definition) is 0. The van der Waals surface area contributed by atoms with E-state index < -0.39 is 0 Å². The van der Waals surface area contributed by atoms with Crippen molar-refractivity contribution in [2.75, 3.05) is 0 Å². The van der Waals surface area contributed by atoms with Crippen molar-refractivity contribution in [1.82, 2.24) is 0 Å². The maximum Gasteiger partial charge on any atom is 0.106 e. The lowest BCUT2D eigenvalue weighted by atomic mass is 9.80. The van der Waals surface area contributed by atoms with Crippen LogP contribution in [0.15, 0.2) is 77.9 Å². The summed E-state index contributed by atoms with van der Waals surface area (Å²) in [5, 5.41) is 0. The van der Waals surface area contributed by atoms with Gasteiger partial charge >= 0.3 is 0 Å². The molecular weight excluding hydrogens is 412 g/mol. The standard InChI is InChI=1S/C32H38.CH2O/c1-6-25-10-9-13-31(25)30-18-19-32-27(11-8-12-29(32)21-30)16-14-22(3)24(5)28-17-15-23(4)26(7-2)20-28;1-2/h8,10-13,15,17-20,24,30H,3,6-7,9,14,16,21H2,1-2,4-5H3;1H2. The average molecular weight is 453 g/mol. The van der Waals surface area contributed by atoms with Crippen molar-refractivity contribution in [2.24, 2.45) is 5.92 Å². The second-order valence-electron chi connectivity index (χ2n) is 9.56. The smallest absolute Gasteiger partial charge is 0.106 e. The Morgan fingerprint density at radius 3 is 2.59 bits per heavy atom. The van der Waals surface area contributed by atoms with Gasteiger partial charge in [-0.05, 0) is 90.0 Å². The third-order valence-electron chi connectivity index (χ3n) is 7.66. The van der Waals surface area contributed by atoms with Crippen molar-refractivity contribution in [2.45, 2.75) is 72.1 Å². The van der Waals surface area contributed by atoms with E-state index in [2.05, 4.69) is 95.0 Å². The summed E-state index contributed by atoms with van der Waals surface area (Å²) in [5.74, 6) is 0.935. The van der Waals surface area contributed by atoms with E-state index in [9.17, 15) is 0 Å². The van der Waals surface area contributed by atoms with Crippen LogP contribution in [0.4, 0.5) is 0 Å². The van der Waals surface area contributed by atoms with Crippen LogP contribution in [0.5, 0.6) is 0 Å². The molecule has 0 aromatic heterocycles. The molecule has 2 aromatic rings. The quantitative estimate of drug-likeness (QED) is 0.367. The molecule has 2 atom stereocenters. The van der Waals surface area contributed by atoms with Crippen LogP contribution in [0.2, 0.25) is 0 Å². The normalized spacial score (nSPS) is 17.2. The minimum Gasteiger partial charge on any atom is -0.307 e. The third-order valence-corrected chi connectivity index (χ3v) is 7.66. The number of benzene rings is 2. The van der Waals surface area contributed by atoms with Gasteiger partial charge < -0.3 is 4.79 Å². The first-order chi connectivity index (χ1) is 16.5. The van der Waals surface area contributed by atoms with E-state index in [0.717, 1.165) is 38.5 Å². The molecule has 0 fully saturated rings. The molecule has 2 aromatic carbocycles. The minimum atomic E-state index is 0.397. The molecule has 0 amide bonds. The van der Waals surface area contributed by atoms with Crippen molar-refractivity contribution >= 4 is 12.9 Å². The topological polar surface area (TPSA) is 17.1 Å². The molecular formula is C33H40O. The zero-order valence-corrected chi connectivity index (χ0v) is 21.5. The van der Waals surface area contributed by atoms with E-state index >= 15 is 0 Å². The Balaban J connectivity index is 0.00000158. The lowest BCUT2D eigenvalue weighted by molar-refractivity contribution is -0.0979. The Kier molecular flexibility index (Phi) is 9.05. The molecule has 2 aliphatic rings. The summed E-state index contributed by atoms with van der Waals surface area (Å²) in [5.41, 5.74) is 13.1. The summed E-state index contributed by atoms with van der Waals surface area (Å²) in [6.45, 7) is 15.5. The molecule has 0 heterocycles. The van der Waals surface area contributed by atoms with Crippen LogP contribution in [0.1, 0.15) is 79.3 Å². The Labute approximate surface area is 207 Å². The highest BCUT2D eigenvalue weighted by Gasteiger charge is 2.22. The zero-order valence-electron chi connectivity index (χ0n) is 21.5. The molecule has 2 unspecified atom stereocenters. The first-order valence-corrected chi connectivity index (χ1v) is 12.8. The van der Waals surface area contributed by atoms with Crippen molar-refractivity contribution in [3.8, 4) is 0 Å². The summed E-state index contributed by atoms with van der Waals surface area (Å²) in [6, 6.07) is 13.8. The van der Waals surface area contributed by atoms with Gasteiger partial charge in [-0.2, -0.15) is 0 Å². The van der Waals surface area contributed by atoms with Crippen molar-refractivity contribution in [3.63, 3.8) is 0 Å². The predicted octanol–water partition coefficient (Wildman–Crippen LogP) is 8.52. The second kappa shape index (κ2) is 12.0. The van der Waals surface area contributed by atoms with Crippen molar-refractivity contribution < 1.29 is 4.79 Å². The fraction of sp³-hybridized carbons (Fsp3) is 0.364. The van der Waals surface area contributed by atoms with E-state index in [1.165, 1.54) is 39.0 Å². The molecule has 0 aliphatic heterocycles. The number of fused-ring (bicyclic) bond motifs is 1. The molecule has 4 rings (SSSR count). The number of rotatable bonds is 8. The predicted molar refractivity (Wildman–Crippen MR) is 147 cm³/mol. The molecule has 0 N–H and O–H groups in total. The van der Waals surface area contributed by atoms with Crippen LogP contribution in [0.25, 0.3) is 6.08 Å². The number of hydrogen-bond acceptors (Lipinski definition) is 1. The maximum atomic E-state index is 8.00. The fourth-order valence-corrected chi connectivity index (χ4v) is 5.41. The Hall–Kier alpha value is -2.93. The van der Waals surface area contributed by atoms with Crippen LogP contribution in [-0.4, -0.2) is 6.79 Å². The molecule has 0 spiro atoms. The first-order valence-electron chi connectivity index (χ1n) is 12.8. The van der Waals surface area contributed by atoms with Crippen molar-refractivity contribution in [1.29, 1.82) is 0 Å². The fourth-order valence-electron chi connectivity index (χ4n) is 5.41. The van der Waals surface area contributed by atoms with Crippen LogP contribution in [0.3, 0.4) is 0 Å². The SMILES string of the molecule is C=C(CCc1cccc2c1C=CC(C1=CCC=C1CC)C2)C(C)c1ccc(C)c(CC)c1.C=O. The lowest BCUT2D eigenvalue weighted by Gasteiger charge is -2.24. The minimum absolute atomic E-state index is 0.397. The highest BCUT2D eigenvalue weighted by Crippen LogP contribution is 2.37. The molecule has 0 radical (unpaired) electrons. The van der Waals surface area contributed by atoms with E-state index in [0.29, 0.717) is 11.8 Å². The molecule has 0 saturated carbocycles. The van der Waals surface area contributed by atoms with E-state index in [1.807, 2.05) is 6.79 Å². The van der Waals surface area contributed by atoms with Gasteiger partial charge in [-0.1, -0.05) is 93.6 Å². The summed E-state index contributed by atoms with van der Waals surface area (Å²) in [6.07, 6.45) is 16.3. The monoisotopic (exact) mass is 452 g/mol.